The van der Waals surface area contributed by atoms with E-state index in [9.17, 15) is 33.7 Å². The maximum atomic E-state index is 14.1. The summed E-state index contributed by atoms with van der Waals surface area (Å²) in [6.07, 6.45) is 10.8. The molecule has 49 heavy (non-hydrogen) atoms. The summed E-state index contributed by atoms with van der Waals surface area (Å²) in [5, 5.41) is 37.9. The molecule has 0 unspecified atom stereocenters. The number of hydrogen-bond donors (Lipinski definition) is 3. The Hall–Kier alpha value is -6.22. The van der Waals surface area contributed by atoms with Crippen LogP contribution in [0.15, 0.2) is 92.1 Å². The molecule has 0 radical (unpaired) electrons. The number of methoxy groups -OCH3 is 2. The summed E-state index contributed by atoms with van der Waals surface area (Å²) in [5.74, 6) is -1.65. The van der Waals surface area contributed by atoms with Crippen LogP contribution in [0.1, 0.15) is 23.1 Å². The Morgan fingerprint density at radius 2 is 1.27 bits per heavy atom. The highest BCUT2D eigenvalue weighted by molar-refractivity contribution is 6.10. The summed E-state index contributed by atoms with van der Waals surface area (Å²) >= 11 is 0. The van der Waals surface area contributed by atoms with Gasteiger partial charge in [-0.15, -0.1) is 0 Å². The molecule has 5 rings (SSSR count). The molecule has 0 atom stereocenters. The third kappa shape index (κ3) is 10.1. The predicted molar refractivity (Wildman–Crippen MR) is 172 cm³/mol. The fraction of sp³-hybridized carbons (Fsp3) is 0.176. The SMILES string of the molecule is COc1cc(/C=C/C(=O)CC(=O)/C=C/c2ccc(O)c(OC)c2)ccc1O.OC(Cn1cncn1)(Cn1cncn1)c1ccc(F)cc1F. The molecule has 0 aliphatic heterocycles. The van der Waals surface area contributed by atoms with Crippen molar-refractivity contribution in [3.05, 3.63) is 120 Å². The largest absolute Gasteiger partial charge is 0.504 e. The van der Waals surface area contributed by atoms with Crippen molar-refractivity contribution < 1.29 is 43.2 Å². The normalized spacial score (nSPS) is 11.4. The van der Waals surface area contributed by atoms with Crippen LogP contribution in [0.2, 0.25) is 0 Å². The van der Waals surface area contributed by atoms with Gasteiger partial charge in [-0.2, -0.15) is 10.2 Å². The van der Waals surface area contributed by atoms with Gasteiger partial charge in [0.25, 0.3) is 0 Å². The van der Waals surface area contributed by atoms with Crippen LogP contribution in [0.4, 0.5) is 8.78 Å². The van der Waals surface area contributed by atoms with Crippen LogP contribution in [0, 0.1) is 11.6 Å². The lowest BCUT2D eigenvalue weighted by molar-refractivity contribution is -0.121. The smallest absolute Gasteiger partial charge is 0.163 e. The van der Waals surface area contributed by atoms with Gasteiger partial charge in [0, 0.05) is 11.6 Å². The molecule has 0 saturated heterocycles. The van der Waals surface area contributed by atoms with E-state index in [1.165, 1.54) is 79.2 Å². The number of phenols is 2. The van der Waals surface area contributed by atoms with Gasteiger partial charge in [-0.05, 0) is 53.6 Å². The number of aromatic nitrogens is 6. The number of phenolic OH excluding ortho intramolecular Hbond substituents is 2. The molecule has 2 heterocycles. The number of carbonyl (C=O) groups is 2. The minimum absolute atomic E-state index is 0.00662. The second-order valence-electron chi connectivity index (χ2n) is 10.5. The van der Waals surface area contributed by atoms with E-state index in [0.29, 0.717) is 22.6 Å². The summed E-state index contributed by atoms with van der Waals surface area (Å²) in [4.78, 5) is 31.4. The molecule has 2 aromatic heterocycles. The van der Waals surface area contributed by atoms with Gasteiger partial charge in [-0.3, -0.25) is 9.59 Å². The Kier molecular flexibility index (Phi) is 12.0. The van der Waals surface area contributed by atoms with Crippen molar-refractivity contribution in [3.8, 4) is 23.0 Å². The molecule has 13 nitrogen and oxygen atoms in total. The van der Waals surface area contributed by atoms with Crippen LogP contribution in [0.5, 0.6) is 23.0 Å². The number of benzene rings is 3. The number of rotatable bonds is 13. The minimum Gasteiger partial charge on any atom is -0.504 e. The third-order valence-electron chi connectivity index (χ3n) is 6.89. The first-order valence-corrected chi connectivity index (χ1v) is 14.5. The van der Waals surface area contributed by atoms with Gasteiger partial charge in [-0.25, -0.2) is 28.1 Å². The molecule has 0 fully saturated rings. The molecule has 5 aromatic rings. The molecule has 0 aliphatic rings. The van der Waals surface area contributed by atoms with Gasteiger partial charge in [0.2, 0.25) is 0 Å². The summed E-state index contributed by atoms with van der Waals surface area (Å²) in [5.41, 5.74) is -0.423. The van der Waals surface area contributed by atoms with Crippen molar-refractivity contribution in [1.29, 1.82) is 0 Å². The van der Waals surface area contributed by atoms with Crippen LogP contribution in [0.3, 0.4) is 0 Å². The zero-order valence-corrected chi connectivity index (χ0v) is 26.4. The maximum Gasteiger partial charge on any atom is 0.163 e. The van der Waals surface area contributed by atoms with E-state index in [-0.39, 0.29) is 48.1 Å². The van der Waals surface area contributed by atoms with E-state index in [4.69, 9.17) is 9.47 Å². The zero-order valence-electron chi connectivity index (χ0n) is 26.4. The number of aliphatic hydroxyl groups is 1. The van der Waals surface area contributed by atoms with E-state index in [2.05, 4.69) is 20.2 Å². The van der Waals surface area contributed by atoms with E-state index in [1.807, 2.05) is 0 Å². The van der Waals surface area contributed by atoms with Gasteiger partial charge in [0.1, 0.15) is 42.5 Å². The maximum absolute atomic E-state index is 14.1. The van der Waals surface area contributed by atoms with Gasteiger partial charge >= 0.3 is 0 Å². The molecule has 0 aliphatic carbocycles. The highest BCUT2D eigenvalue weighted by Gasteiger charge is 2.34. The van der Waals surface area contributed by atoms with Gasteiger partial charge < -0.3 is 24.8 Å². The topological polar surface area (TPSA) is 175 Å². The first kappa shape index (κ1) is 35.6. The van der Waals surface area contributed by atoms with Crippen LogP contribution < -0.4 is 9.47 Å². The number of ether oxygens (including phenoxy) is 2. The number of carbonyl (C=O) groups excluding carboxylic acids is 2. The Morgan fingerprint density at radius 1 is 0.776 bits per heavy atom. The van der Waals surface area contributed by atoms with Crippen molar-refractivity contribution >= 4 is 23.7 Å². The first-order chi connectivity index (χ1) is 23.5. The van der Waals surface area contributed by atoms with Crippen LogP contribution in [0.25, 0.3) is 12.2 Å². The number of allylic oxidation sites excluding steroid dienone is 2. The molecule has 254 valence electrons. The highest BCUT2D eigenvalue weighted by atomic mass is 19.1. The number of aromatic hydroxyl groups is 2. The molecule has 15 heteroatoms. The van der Waals surface area contributed by atoms with Crippen LogP contribution >= 0.6 is 0 Å². The number of ketones is 2. The highest BCUT2D eigenvalue weighted by Crippen LogP contribution is 2.29. The van der Waals surface area contributed by atoms with E-state index in [1.54, 1.807) is 36.4 Å². The molecule has 3 N–H and O–H groups in total. The number of halogens is 2. The first-order valence-electron chi connectivity index (χ1n) is 14.5. The number of nitrogens with zero attached hydrogens (tertiary/aromatic N) is 6. The zero-order chi connectivity index (χ0) is 35.4. The molecular formula is C34H32F2N6O7. The van der Waals surface area contributed by atoms with E-state index >= 15 is 0 Å². The van der Waals surface area contributed by atoms with Crippen molar-refractivity contribution in [3.63, 3.8) is 0 Å². The quantitative estimate of drug-likeness (QED) is 0.121. The van der Waals surface area contributed by atoms with Gasteiger partial charge in [-0.1, -0.05) is 30.4 Å². The molecule has 0 saturated carbocycles. The van der Waals surface area contributed by atoms with Crippen molar-refractivity contribution in [2.24, 2.45) is 0 Å². The Balaban J connectivity index is 0.000000225. The van der Waals surface area contributed by atoms with E-state index in [0.717, 1.165) is 12.1 Å². The van der Waals surface area contributed by atoms with Gasteiger partial charge in [0.05, 0.1) is 33.7 Å². The summed E-state index contributed by atoms with van der Waals surface area (Å²) in [7, 11) is 2.87. The fourth-order valence-electron chi connectivity index (χ4n) is 4.52. The Bertz CT molecular complexity index is 1820. The van der Waals surface area contributed by atoms with E-state index < -0.39 is 17.2 Å². The van der Waals surface area contributed by atoms with Gasteiger partial charge in [0.15, 0.2) is 34.6 Å². The standard InChI is InChI=1S/C21H20O6.C13H12F2N6O/c1-26-20-11-14(5-9-18(20)24)3-7-16(22)13-17(23)8-4-15-6-10-19(25)21(12-15)27-2;14-10-1-2-11(12(15)3-10)13(22,4-20-8-16-6-18-20)5-21-9-17-7-19-21/h3-12,24-25H,13H2,1-2H3;1-3,6-9,22H,4-5H2/b7-3+,8-4+;. The lowest BCUT2D eigenvalue weighted by Crippen LogP contribution is -2.37. The van der Waals surface area contributed by atoms with Crippen LogP contribution in [-0.2, 0) is 28.3 Å². The molecule has 0 bridgehead atoms. The Labute approximate surface area is 279 Å². The third-order valence-corrected chi connectivity index (χ3v) is 6.89. The molecular weight excluding hydrogens is 642 g/mol. The van der Waals surface area contributed by atoms with Crippen molar-refractivity contribution in [2.75, 3.05) is 14.2 Å². The lowest BCUT2D eigenvalue weighted by Gasteiger charge is -2.28. The summed E-state index contributed by atoms with van der Waals surface area (Å²) in [6.45, 7) is -0.148. The Morgan fingerprint density at radius 3 is 1.67 bits per heavy atom. The minimum atomic E-state index is -1.70. The fourth-order valence-corrected chi connectivity index (χ4v) is 4.52. The lowest BCUT2D eigenvalue weighted by atomic mass is 9.93. The summed E-state index contributed by atoms with van der Waals surface area (Å²) in [6, 6.07) is 12.4. The monoisotopic (exact) mass is 674 g/mol. The summed E-state index contributed by atoms with van der Waals surface area (Å²) < 4.78 is 39.9. The molecule has 0 spiro atoms. The molecule has 0 amide bonds. The van der Waals surface area contributed by atoms with Crippen LogP contribution in [-0.4, -0.2) is 70.6 Å². The average Bonchev–Trinajstić information content (AvgIpc) is 3.78. The second-order valence-corrected chi connectivity index (χ2v) is 10.5. The average molecular weight is 675 g/mol. The number of hydrogen-bond acceptors (Lipinski definition) is 11. The predicted octanol–water partition coefficient (Wildman–Crippen LogP) is 4.11. The van der Waals surface area contributed by atoms with Crippen molar-refractivity contribution in [2.45, 2.75) is 25.1 Å². The molecule has 3 aromatic carbocycles. The van der Waals surface area contributed by atoms with Crippen molar-refractivity contribution in [1.82, 2.24) is 29.5 Å². The second kappa shape index (κ2) is 16.6.